The van der Waals surface area contributed by atoms with Crippen molar-refractivity contribution in [3.05, 3.63) is 0 Å². The highest BCUT2D eigenvalue weighted by atomic mass is 32.2. The van der Waals surface area contributed by atoms with Gasteiger partial charge in [-0.15, -0.1) is 0 Å². The molecule has 0 aliphatic rings. The molecule has 0 bridgehead atoms. The number of hydrogen-bond acceptors (Lipinski definition) is 6. The molecule has 0 fully saturated rings. The van der Waals surface area contributed by atoms with Gasteiger partial charge in [0, 0.05) is 19.3 Å². The Bertz CT molecular complexity index is 381. The van der Waals surface area contributed by atoms with Crippen molar-refractivity contribution in [2.24, 2.45) is 0 Å². The molecule has 0 aromatic carbocycles. The first kappa shape index (κ1) is 15.8. The third-order valence-electron chi connectivity index (χ3n) is 1.80. The first-order chi connectivity index (χ1) is 7.23. The molecule has 7 nitrogen and oxygen atoms in total. The number of aliphatic hydroxyl groups excluding tert-OH is 2. The average molecular weight is 275 g/mol. The SMILES string of the molecule is CS(=O)(=O)CCS(=O)(=O)N(CCO)CCO. The van der Waals surface area contributed by atoms with Crippen molar-refractivity contribution >= 4 is 19.9 Å². The minimum absolute atomic E-state index is 0.146. The van der Waals surface area contributed by atoms with Crippen molar-refractivity contribution in [2.45, 2.75) is 0 Å². The minimum atomic E-state index is -3.75. The molecule has 98 valence electrons. The fourth-order valence-corrected chi connectivity index (χ4v) is 4.03. The van der Waals surface area contributed by atoms with E-state index in [0.717, 1.165) is 10.6 Å². The summed E-state index contributed by atoms with van der Waals surface area (Å²) in [6.45, 7) is -1.05. The van der Waals surface area contributed by atoms with Gasteiger partial charge in [0.05, 0.1) is 24.7 Å². The summed E-state index contributed by atoms with van der Waals surface area (Å²) in [6.07, 6.45) is 0.949. The predicted octanol–water partition coefficient (Wildman–Crippen LogP) is -2.35. The Balaban J connectivity index is 4.60. The summed E-state index contributed by atoms with van der Waals surface area (Å²) in [5.74, 6) is -1.01. The van der Waals surface area contributed by atoms with Crippen molar-refractivity contribution in [1.82, 2.24) is 4.31 Å². The number of sulfone groups is 1. The molecule has 0 unspecified atom stereocenters. The Morgan fingerprint density at radius 2 is 1.38 bits per heavy atom. The van der Waals surface area contributed by atoms with Gasteiger partial charge in [0.25, 0.3) is 0 Å². The molecule has 2 N–H and O–H groups in total. The van der Waals surface area contributed by atoms with Gasteiger partial charge in [-0.05, 0) is 0 Å². The second kappa shape index (κ2) is 6.50. The fourth-order valence-electron chi connectivity index (χ4n) is 0.999. The molecule has 0 saturated carbocycles. The van der Waals surface area contributed by atoms with Crippen LogP contribution in [0.15, 0.2) is 0 Å². The second-order valence-electron chi connectivity index (χ2n) is 3.29. The van der Waals surface area contributed by atoms with E-state index in [0.29, 0.717) is 0 Å². The molecule has 16 heavy (non-hydrogen) atoms. The first-order valence-corrected chi connectivity index (χ1v) is 8.27. The van der Waals surface area contributed by atoms with E-state index >= 15 is 0 Å². The maximum Gasteiger partial charge on any atom is 0.215 e. The van der Waals surface area contributed by atoms with Crippen LogP contribution in [0.3, 0.4) is 0 Å². The van der Waals surface area contributed by atoms with Crippen molar-refractivity contribution in [3.63, 3.8) is 0 Å². The maximum atomic E-state index is 11.6. The van der Waals surface area contributed by atoms with Crippen molar-refractivity contribution < 1.29 is 27.0 Å². The minimum Gasteiger partial charge on any atom is -0.395 e. The highest BCUT2D eigenvalue weighted by Gasteiger charge is 2.22. The predicted molar refractivity (Wildman–Crippen MR) is 59.2 cm³/mol. The van der Waals surface area contributed by atoms with Gasteiger partial charge in [0.2, 0.25) is 10.0 Å². The van der Waals surface area contributed by atoms with E-state index in [9.17, 15) is 16.8 Å². The van der Waals surface area contributed by atoms with Crippen LogP contribution < -0.4 is 0 Å². The van der Waals surface area contributed by atoms with Crippen LogP contribution in [0.5, 0.6) is 0 Å². The van der Waals surface area contributed by atoms with Crippen LogP contribution in [0.1, 0.15) is 0 Å². The molecule has 0 spiro atoms. The largest absolute Gasteiger partial charge is 0.395 e. The Morgan fingerprint density at radius 3 is 1.69 bits per heavy atom. The van der Waals surface area contributed by atoms with Gasteiger partial charge in [-0.3, -0.25) is 0 Å². The van der Waals surface area contributed by atoms with Gasteiger partial charge in [-0.2, -0.15) is 4.31 Å². The summed E-state index contributed by atoms with van der Waals surface area (Å²) in [6, 6.07) is 0. The highest BCUT2D eigenvalue weighted by molar-refractivity contribution is 7.93. The quantitative estimate of drug-likeness (QED) is 0.513. The molecular weight excluding hydrogens is 258 g/mol. The molecule has 9 heteroatoms. The van der Waals surface area contributed by atoms with Crippen molar-refractivity contribution in [1.29, 1.82) is 0 Å². The zero-order chi connectivity index (χ0) is 12.8. The number of rotatable bonds is 8. The third kappa shape index (κ3) is 6.38. The van der Waals surface area contributed by atoms with E-state index in [2.05, 4.69) is 0 Å². The lowest BCUT2D eigenvalue weighted by Crippen LogP contribution is -2.38. The topological polar surface area (TPSA) is 112 Å². The number of sulfonamides is 1. The number of nitrogens with zero attached hydrogens (tertiary/aromatic N) is 1. The molecule has 0 aliphatic heterocycles. The first-order valence-electron chi connectivity index (χ1n) is 4.60. The van der Waals surface area contributed by atoms with E-state index in [1.165, 1.54) is 0 Å². The molecule has 0 atom stereocenters. The monoisotopic (exact) mass is 275 g/mol. The van der Waals surface area contributed by atoms with Crippen molar-refractivity contribution in [2.75, 3.05) is 44.1 Å². The van der Waals surface area contributed by atoms with E-state index in [1.54, 1.807) is 0 Å². The fraction of sp³-hybridized carbons (Fsp3) is 1.00. The average Bonchev–Trinajstić information content (AvgIpc) is 2.14. The number of aliphatic hydroxyl groups is 2. The second-order valence-corrected chi connectivity index (χ2v) is 7.64. The lowest BCUT2D eigenvalue weighted by Gasteiger charge is -2.19. The van der Waals surface area contributed by atoms with E-state index in [4.69, 9.17) is 10.2 Å². The van der Waals surface area contributed by atoms with Gasteiger partial charge in [-0.1, -0.05) is 0 Å². The van der Waals surface area contributed by atoms with Crippen molar-refractivity contribution in [3.8, 4) is 0 Å². The van der Waals surface area contributed by atoms with Crippen LogP contribution in [0.25, 0.3) is 0 Å². The summed E-state index contributed by atoms with van der Waals surface area (Å²) in [5.41, 5.74) is 0. The van der Waals surface area contributed by atoms with Gasteiger partial charge in [0.1, 0.15) is 9.84 Å². The van der Waals surface area contributed by atoms with Crippen LogP contribution >= 0.6 is 0 Å². The van der Waals surface area contributed by atoms with E-state index in [-0.39, 0.29) is 26.3 Å². The molecule has 0 aromatic rings. The Labute approximate surface area is 95.7 Å². The summed E-state index contributed by atoms with van der Waals surface area (Å²) in [7, 11) is -7.10. The van der Waals surface area contributed by atoms with Gasteiger partial charge in [0.15, 0.2) is 0 Å². The molecule has 0 radical (unpaired) electrons. The third-order valence-corrected chi connectivity index (χ3v) is 4.88. The number of hydrogen-bond donors (Lipinski definition) is 2. The standard InChI is InChI=1S/C7H17NO6S2/c1-15(11,12)6-7-16(13,14)8(2-4-9)3-5-10/h9-10H,2-7H2,1H3. The van der Waals surface area contributed by atoms with Gasteiger partial charge in [-0.25, -0.2) is 16.8 Å². The Kier molecular flexibility index (Phi) is 6.41. The summed E-state index contributed by atoms with van der Waals surface area (Å²) >= 11 is 0. The zero-order valence-corrected chi connectivity index (χ0v) is 10.7. The van der Waals surface area contributed by atoms with Crippen LogP contribution in [0, 0.1) is 0 Å². The molecule has 0 heterocycles. The summed E-state index contributed by atoms with van der Waals surface area (Å²) in [5, 5.41) is 17.3. The lowest BCUT2D eigenvalue weighted by atomic mass is 10.6. The molecular formula is C7H17NO6S2. The summed E-state index contributed by atoms with van der Waals surface area (Å²) in [4.78, 5) is 0. The van der Waals surface area contributed by atoms with Crippen LogP contribution in [0.2, 0.25) is 0 Å². The van der Waals surface area contributed by atoms with Crippen LogP contribution in [-0.4, -0.2) is 75.4 Å². The maximum absolute atomic E-state index is 11.6. The van der Waals surface area contributed by atoms with Gasteiger partial charge < -0.3 is 10.2 Å². The smallest absolute Gasteiger partial charge is 0.215 e. The zero-order valence-electron chi connectivity index (χ0n) is 9.03. The van der Waals surface area contributed by atoms with E-state index < -0.39 is 31.4 Å². The lowest BCUT2D eigenvalue weighted by molar-refractivity contribution is 0.217. The van der Waals surface area contributed by atoms with Crippen LogP contribution in [0.4, 0.5) is 0 Å². The molecule has 0 amide bonds. The molecule has 0 aromatic heterocycles. The summed E-state index contributed by atoms with van der Waals surface area (Å²) < 4.78 is 45.7. The molecule has 0 saturated heterocycles. The molecule has 0 aliphatic carbocycles. The van der Waals surface area contributed by atoms with E-state index in [1.807, 2.05) is 0 Å². The highest BCUT2D eigenvalue weighted by Crippen LogP contribution is 2.02. The molecule has 0 rings (SSSR count). The van der Waals surface area contributed by atoms with Crippen LogP contribution in [-0.2, 0) is 19.9 Å². The normalized spacial score (nSPS) is 13.2. The van der Waals surface area contributed by atoms with Gasteiger partial charge >= 0.3 is 0 Å². The Hall–Kier alpha value is -0.220. The Morgan fingerprint density at radius 1 is 0.938 bits per heavy atom.